The minimum absolute atomic E-state index is 0.0889. The van der Waals surface area contributed by atoms with Crippen molar-refractivity contribution in [1.29, 1.82) is 0 Å². The molecule has 268 valence electrons. The normalized spacial score (nSPS) is 22.1. The van der Waals surface area contributed by atoms with Gasteiger partial charge >= 0.3 is 5.97 Å². The molecule has 2 aromatic carbocycles. The van der Waals surface area contributed by atoms with Gasteiger partial charge in [-0.1, -0.05) is 64.1 Å². The van der Waals surface area contributed by atoms with Gasteiger partial charge in [-0.3, -0.25) is 24.0 Å². The number of hydrogen-bond donors (Lipinski definition) is 5. The maximum atomic E-state index is 13.7. The Hall–Kier alpha value is -3.59. The highest BCUT2D eigenvalue weighted by atomic mass is 33.1. The van der Waals surface area contributed by atoms with E-state index in [2.05, 4.69) is 21.3 Å². The molecule has 4 amide bonds. The quantitative estimate of drug-likeness (QED) is 0.140. The molecule has 4 atom stereocenters. The van der Waals surface area contributed by atoms with Crippen molar-refractivity contribution >= 4 is 51.2 Å². The molecular formula is C35H49N5O7S2. The Morgan fingerprint density at radius 1 is 0.918 bits per heavy atom. The number of amides is 4. The molecule has 1 heterocycles. The lowest BCUT2D eigenvalue weighted by molar-refractivity contribution is -0.132. The lowest BCUT2D eigenvalue weighted by atomic mass is 10.00. The summed E-state index contributed by atoms with van der Waals surface area (Å²) in [5.41, 5.74) is 7.89. The number of nitrogens with one attached hydrogen (secondary N) is 4. The summed E-state index contributed by atoms with van der Waals surface area (Å²) in [4.78, 5) is 65.3. The Kier molecular flexibility index (Phi) is 14.5. The zero-order valence-corrected chi connectivity index (χ0v) is 30.8. The van der Waals surface area contributed by atoms with Crippen molar-refractivity contribution in [3.05, 3.63) is 65.7 Å². The van der Waals surface area contributed by atoms with E-state index in [-0.39, 0.29) is 31.5 Å². The molecule has 6 N–H and O–H groups in total. The Balaban J connectivity index is 1.86. The number of esters is 1. The number of benzene rings is 2. The summed E-state index contributed by atoms with van der Waals surface area (Å²) in [6.07, 6.45) is 0.315. The summed E-state index contributed by atoms with van der Waals surface area (Å²) < 4.78 is 9.50. The highest BCUT2D eigenvalue weighted by Gasteiger charge is 2.42. The molecule has 0 aromatic heterocycles. The number of carbonyl (C=O) groups excluding carboxylic acids is 5. The van der Waals surface area contributed by atoms with E-state index >= 15 is 0 Å². The summed E-state index contributed by atoms with van der Waals surface area (Å²) >= 11 is 0. The average Bonchev–Trinajstić information content (AvgIpc) is 3.03. The third-order valence-electron chi connectivity index (χ3n) is 7.80. The van der Waals surface area contributed by atoms with Gasteiger partial charge in [0.25, 0.3) is 0 Å². The van der Waals surface area contributed by atoms with Gasteiger partial charge in [0, 0.05) is 22.8 Å². The van der Waals surface area contributed by atoms with Crippen molar-refractivity contribution in [2.45, 2.75) is 101 Å². The molecule has 4 unspecified atom stereocenters. The lowest BCUT2D eigenvalue weighted by Gasteiger charge is -2.39. The van der Waals surface area contributed by atoms with Crippen LogP contribution in [-0.2, 0) is 41.6 Å². The van der Waals surface area contributed by atoms with Crippen molar-refractivity contribution in [3.8, 4) is 5.75 Å². The van der Waals surface area contributed by atoms with Crippen molar-refractivity contribution < 1.29 is 33.4 Å². The summed E-state index contributed by atoms with van der Waals surface area (Å²) in [6.45, 7) is 12.5. The minimum atomic E-state index is -1.08. The second kappa shape index (κ2) is 17.9. The molecule has 0 aliphatic carbocycles. The van der Waals surface area contributed by atoms with Gasteiger partial charge in [-0.2, -0.15) is 0 Å². The van der Waals surface area contributed by atoms with Gasteiger partial charge in [0.1, 0.15) is 17.8 Å². The summed E-state index contributed by atoms with van der Waals surface area (Å²) in [6, 6.07) is 12.5. The molecule has 0 radical (unpaired) electrons. The largest absolute Gasteiger partial charge is 0.427 e. The average molecular weight is 716 g/mol. The first-order valence-electron chi connectivity index (χ1n) is 16.2. The van der Waals surface area contributed by atoms with Gasteiger partial charge in [-0.15, -0.1) is 0 Å². The van der Waals surface area contributed by atoms with Crippen LogP contribution in [-0.4, -0.2) is 82.5 Å². The number of hydrogen-bond acceptors (Lipinski definition) is 10. The molecule has 0 bridgehead atoms. The smallest absolute Gasteiger partial charge is 0.308 e. The van der Waals surface area contributed by atoms with Gasteiger partial charge in [0.2, 0.25) is 23.6 Å². The predicted octanol–water partition coefficient (Wildman–Crippen LogP) is 2.67. The summed E-state index contributed by atoms with van der Waals surface area (Å²) in [5, 5.41) is 11.4. The van der Waals surface area contributed by atoms with Crippen LogP contribution in [0.4, 0.5) is 0 Å². The molecule has 3 rings (SSSR count). The van der Waals surface area contributed by atoms with Crippen molar-refractivity contribution in [3.63, 3.8) is 0 Å². The predicted molar refractivity (Wildman–Crippen MR) is 193 cm³/mol. The van der Waals surface area contributed by atoms with Crippen LogP contribution < -0.4 is 31.7 Å². The fraction of sp³-hybridized carbons (Fsp3) is 0.514. The summed E-state index contributed by atoms with van der Waals surface area (Å²) in [7, 11) is 2.85. The van der Waals surface area contributed by atoms with Crippen LogP contribution in [0.2, 0.25) is 0 Å². The SMILES string of the molecule is CC(=O)Oc1ccc(CC(N)C(=O)NC2C(=O)NCC(=O)NC(Cc3ccccc3)C(=O)NC(COC(C)C)C(C)(C)SSC2(C)C)cc1. The molecule has 1 aliphatic rings. The Bertz CT molecular complexity index is 1450. The lowest BCUT2D eigenvalue weighted by Crippen LogP contribution is -2.61. The standard InChI is InChI=1S/C35H49N5O7S2/c1-21(2)46-20-28-34(4,5)48-49-35(6,7)30(40-31(43)26(36)17-24-13-15-25(16-14-24)47-22(3)41)33(45)37-19-29(42)38-27(32(44)39-28)18-23-11-9-8-10-12-23/h8-16,21,26-28,30H,17-20,36H2,1-7H3,(H,37,45)(H,38,42)(H,39,44)(H,40,43). The van der Waals surface area contributed by atoms with Crippen molar-refractivity contribution in [2.24, 2.45) is 5.73 Å². The third-order valence-corrected chi connectivity index (χ3v) is 12.1. The van der Waals surface area contributed by atoms with E-state index in [1.165, 1.54) is 28.5 Å². The maximum absolute atomic E-state index is 13.7. The number of rotatable bonds is 10. The molecule has 12 nitrogen and oxygen atoms in total. The Morgan fingerprint density at radius 2 is 1.55 bits per heavy atom. The second-order valence-corrected chi connectivity index (χ2v) is 16.8. The molecule has 1 saturated heterocycles. The summed E-state index contributed by atoms with van der Waals surface area (Å²) in [5.74, 6) is -2.12. The molecule has 14 heteroatoms. The van der Waals surface area contributed by atoms with Gasteiger partial charge < -0.3 is 36.5 Å². The maximum Gasteiger partial charge on any atom is 0.308 e. The van der Waals surface area contributed by atoms with E-state index < -0.39 is 63.9 Å². The van der Waals surface area contributed by atoms with Crippen LogP contribution in [0.1, 0.15) is 59.6 Å². The zero-order valence-electron chi connectivity index (χ0n) is 29.2. The second-order valence-electron chi connectivity index (χ2n) is 13.3. The van der Waals surface area contributed by atoms with Gasteiger partial charge in [-0.25, -0.2) is 0 Å². The molecular weight excluding hydrogens is 667 g/mol. The molecule has 1 aliphatic heterocycles. The monoisotopic (exact) mass is 715 g/mol. The minimum Gasteiger partial charge on any atom is -0.427 e. The highest BCUT2D eigenvalue weighted by Crippen LogP contribution is 2.46. The van der Waals surface area contributed by atoms with Gasteiger partial charge in [-0.05, 0) is 71.2 Å². The van der Waals surface area contributed by atoms with Crippen LogP contribution in [0.3, 0.4) is 0 Å². The first-order valence-corrected chi connectivity index (χ1v) is 18.3. The van der Waals surface area contributed by atoms with E-state index in [4.69, 9.17) is 15.2 Å². The van der Waals surface area contributed by atoms with Crippen LogP contribution in [0, 0.1) is 0 Å². The van der Waals surface area contributed by atoms with Crippen LogP contribution >= 0.6 is 21.6 Å². The van der Waals surface area contributed by atoms with Gasteiger partial charge in [0.05, 0.1) is 31.3 Å². The number of nitrogens with two attached hydrogens (primary N) is 1. The van der Waals surface area contributed by atoms with Crippen LogP contribution in [0.5, 0.6) is 5.75 Å². The number of ether oxygens (including phenoxy) is 2. The molecule has 49 heavy (non-hydrogen) atoms. The van der Waals surface area contributed by atoms with Crippen molar-refractivity contribution in [1.82, 2.24) is 21.3 Å². The molecule has 1 fully saturated rings. The number of carbonyl (C=O) groups is 5. The van der Waals surface area contributed by atoms with Crippen LogP contribution in [0.15, 0.2) is 54.6 Å². The molecule has 2 aromatic rings. The fourth-order valence-electron chi connectivity index (χ4n) is 4.88. The molecule has 0 spiro atoms. The fourth-order valence-corrected chi connectivity index (χ4v) is 7.74. The Morgan fingerprint density at radius 3 is 2.16 bits per heavy atom. The van der Waals surface area contributed by atoms with E-state index in [9.17, 15) is 24.0 Å². The van der Waals surface area contributed by atoms with E-state index in [0.717, 1.165) is 11.1 Å². The van der Waals surface area contributed by atoms with Crippen LogP contribution in [0.25, 0.3) is 0 Å². The first-order chi connectivity index (χ1) is 23.0. The zero-order chi connectivity index (χ0) is 36.4. The third kappa shape index (κ3) is 12.7. The highest BCUT2D eigenvalue weighted by molar-refractivity contribution is 8.77. The molecule has 0 saturated carbocycles. The van der Waals surface area contributed by atoms with E-state index in [1.807, 2.05) is 71.9 Å². The van der Waals surface area contributed by atoms with E-state index in [0.29, 0.717) is 5.75 Å². The van der Waals surface area contributed by atoms with E-state index in [1.54, 1.807) is 24.3 Å². The Labute approximate surface area is 296 Å². The topological polar surface area (TPSA) is 178 Å². The van der Waals surface area contributed by atoms with Crippen molar-refractivity contribution in [2.75, 3.05) is 13.2 Å². The van der Waals surface area contributed by atoms with Gasteiger partial charge in [0.15, 0.2) is 0 Å². The first kappa shape index (κ1) is 39.8.